The zero-order chi connectivity index (χ0) is 16.1. The van der Waals surface area contributed by atoms with Gasteiger partial charge < -0.3 is 19.1 Å². The van der Waals surface area contributed by atoms with Crippen molar-refractivity contribution in [2.75, 3.05) is 34.4 Å². The average Bonchev–Trinajstić information content (AvgIpc) is 2.77. The molecule has 1 aromatic rings. The SMILES string of the molecule is COc1cc(C(=O)N2CCCC(C)CC2)cc(OC)c1OC. The van der Waals surface area contributed by atoms with E-state index in [1.165, 1.54) is 6.42 Å². The Morgan fingerprint density at radius 2 is 1.68 bits per heavy atom. The molecule has 1 unspecified atom stereocenters. The van der Waals surface area contributed by atoms with Crippen LogP contribution in [0.3, 0.4) is 0 Å². The molecule has 1 saturated heterocycles. The van der Waals surface area contributed by atoms with Gasteiger partial charge in [0.05, 0.1) is 21.3 Å². The van der Waals surface area contributed by atoms with Crippen molar-refractivity contribution in [2.24, 2.45) is 5.92 Å². The summed E-state index contributed by atoms with van der Waals surface area (Å²) < 4.78 is 15.9. The molecule has 2 rings (SSSR count). The lowest BCUT2D eigenvalue weighted by molar-refractivity contribution is 0.0759. The maximum Gasteiger partial charge on any atom is 0.254 e. The molecule has 1 amide bonds. The molecule has 1 aliphatic rings. The second kappa shape index (κ2) is 7.38. The predicted octanol–water partition coefficient (Wildman–Crippen LogP) is 2.97. The van der Waals surface area contributed by atoms with Crippen molar-refractivity contribution in [3.05, 3.63) is 17.7 Å². The van der Waals surface area contributed by atoms with Crippen LogP contribution in [0.1, 0.15) is 36.5 Å². The number of nitrogens with zero attached hydrogens (tertiary/aromatic N) is 1. The minimum absolute atomic E-state index is 0.0216. The molecule has 1 heterocycles. The average molecular weight is 307 g/mol. The van der Waals surface area contributed by atoms with E-state index in [1.807, 2.05) is 4.90 Å². The number of amides is 1. The van der Waals surface area contributed by atoms with E-state index in [1.54, 1.807) is 33.5 Å². The number of methoxy groups -OCH3 is 3. The Hall–Kier alpha value is -1.91. The quantitative estimate of drug-likeness (QED) is 0.858. The van der Waals surface area contributed by atoms with E-state index >= 15 is 0 Å². The van der Waals surface area contributed by atoms with E-state index in [9.17, 15) is 4.79 Å². The molecule has 22 heavy (non-hydrogen) atoms. The second-order valence-electron chi connectivity index (χ2n) is 5.74. The smallest absolute Gasteiger partial charge is 0.254 e. The predicted molar refractivity (Wildman–Crippen MR) is 85.0 cm³/mol. The number of ether oxygens (including phenoxy) is 3. The van der Waals surface area contributed by atoms with Crippen molar-refractivity contribution in [2.45, 2.75) is 26.2 Å². The summed E-state index contributed by atoms with van der Waals surface area (Å²) in [6.45, 7) is 3.85. The fourth-order valence-corrected chi connectivity index (χ4v) is 2.85. The van der Waals surface area contributed by atoms with Gasteiger partial charge in [-0.2, -0.15) is 0 Å². The van der Waals surface area contributed by atoms with E-state index in [0.717, 1.165) is 25.9 Å². The first-order chi connectivity index (χ1) is 10.6. The highest BCUT2D eigenvalue weighted by molar-refractivity contribution is 5.95. The van der Waals surface area contributed by atoms with Crippen LogP contribution in [0.5, 0.6) is 17.2 Å². The van der Waals surface area contributed by atoms with Crippen molar-refractivity contribution in [1.82, 2.24) is 4.90 Å². The van der Waals surface area contributed by atoms with Crippen LogP contribution < -0.4 is 14.2 Å². The van der Waals surface area contributed by atoms with Crippen LogP contribution in [0.25, 0.3) is 0 Å². The lowest BCUT2D eigenvalue weighted by Crippen LogP contribution is -2.32. The Kier molecular flexibility index (Phi) is 5.52. The number of carbonyl (C=O) groups is 1. The Bertz CT molecular complexity index is 504. The number of likely N-dealkylation sites (tertiary alicyclic amines) is 1. The lowest BCUT2D eigenvalue weighted by Gasteiger charge is -2.22. The van der Waals surface area contributed by atoms with E-state index in [2.05, 4.69) is 6.92 Å². The summed E-state index contributed by atoms with van der Waals surface area (Å²) in [6.07, 6.45) is 3.28. The molecule has 1 aromatic carbocycles. The van der Waals surface area contributed by atoms with Gasteiger partial charge in [0.15, 0.2) is 11.5 Å². The highest BCUT2D eigenvalue weighted by Gasteiger charge is 2.23. The van der Waals surface area contributed by atoms with E-state index in [0.29, 0.717) is 28.7 Å². The molecule has 1 atom stereocenters. The largest absolute Gasteiger partial charge is 0.493 e. The van der Waals surface area contributed by atoms with Gasteiger partial charge in [0, 0.05) is 18.7 Å². The zero-order valence-electron chi connectivity index (χ0n) is 13.8. The number of hydrogen-bond donors (Lipinski definition) is 0. The van der Waals surface area contributed by atoms with Gasteiger partial charge in [-0.25, -0.2) is 0 Å². The normalized spacial score (nSPS) is 18.5. The van der Waals surface area contributed by atoms with Crippen LogP contribution in [0.2, 0.25) is 0 Å². The topological polar surface area (TPSA) is 48.0 Å². The van der Waals surface area contributed by atoms with E-state index in [-0.39, 0.29) is 5.91 Å². The molecule has 122 valence electrons. The first-order valence-corrected chi connectivity index (χ1v) is 7.70. The Morgan fingerprint density at radius 3 is 2.23 bits per heavy atom. The molecule has 1 fully saturated rings. The van der Waals surface area contributed by atoms with Crippen LogP contribution in [-0.4, -0.2) is 45.2 Å². The monoisotopic (exact) mass is 307 g/mol. The number of benzene rings is 1. The minimum Gasteiger partial charge on any atom is -0.493 e. The summed E-state index contributed by atoms with van der Waals surface area (Å²) in [5.74, 6) is 2.22. The van der Waals surface area contributed by atoms with Crippen LogP contribution in [0, 0.1) is 5.92 Å². The number of carbonyl (C=O) groups excluding carboxylic acids is 1. The standard InChI is InChI=1S/C17H25NO4/c1-12-6-5-8-18(9-7-12)17(19)13-10-14(20-2)16(22-4)15(11-13)21-3/h10-12H,5-9H2,1-4H3. The number of hydrogen-bond acceptors (Lipinski definition) is 4. The molecular weight excluding hydrogens is 282 g/mol. The first-order valence-electron chi connectivity index (χ1n) is 7.70. The zero-order valence-corrected chi connectivity index (χ0v) is 13.8. The van der Waals surface area contributed by atoms with Gasteiger partial charge in [-0.15, -0.1) is 0 Å². The molecule has 0 radical (unpaired) electrons. The summed E-state index contributed by atoms with van der Waals surface area (Å²) in [5.41, 5.74) is 0.573. The second-order valence-corrected chi connectivity index (χ2v) is 5.74. The number of rotatable bonds is 4. The van der Waals surface area contributed by atoms with Crippen LogP contribution in [0.15, 0.2) is 12.1 Å². The third kappa shape index (κ3) is 3.46. The Balaban J connectivity index is 2.29. The van der Waals surface area contributed by atoms with E-state index in [4.69, 9.17) is 14.2 Å². The van der Waals surface area contributed by atoms with Gasteiger partial charge in [0.1, 0.15) is 0 Å². The van der Waals surface area contributed by atoms with Gasteiger partial charge in [0.25, 0.3) is 5.91 Å². The molecule has 0 aromatic heterocycles. The van der Waals surface area contributed by atoms with Crippen molar-refractivity contribution >= 4 is 5.91 Å². The fourth-order valence-electron chi connectivity index (χ4n) is 2.85. The highest BCUT2D eigenvalue weighted by atomic mass is 16.5. The van der Waals surface area contributed by atoms with Gasteiger partial charge in [-0.05, 0) is 37.3 Å². The molecule has 5 heteroatoms. The molecule has 0 aliphatic carbocycles. The summed E-state index contributed by atoms with van der Waals surface area (Å²) in [6, 6.07) is 3.44. The van der Waals surface area contributed by atoms with Crippen LogP contribution in [-0.2, 0) is 0 Å². The minimum atomic E-state index is 0.0216. The third-order valence-corrected chi connectivity index (χ3v) is 4.22. The molecule has 0 saturated carbocycles. The van der Waals surface area contributed by atoms with Crippen molar-refractivity contribution < 1.29 is 19.0 Å². The summed E-state index contributed by atoms with van der Waals surface area (Å²) >= 11 is 0. The summed E-state index contributed by atoms with van der Waals surface area (Å²) in [4.78, 5) is 14.7. The Morgan fingerprint density at radius 1 is 1.05 bits per heavy atom. The molecule has 5 nitrogen and oxygen atoms in total. The molecule has 1 aliphatic heterocycles. The molecule has 0 N–H and O–H groups in total. The van der Waals surface area contributed by atoms with Crippen molar-refractivity contribution in [3.8, 4) is 17.2 Å². The van der Waals surface area contributed by atoms with Crippen LogP contribution >= 0.6 is 0 Å². The van der Waals surface area contributed by atoms with Gasteiger partial charge in [-0.3, -0.25) is 4.79 Å². The first kappa shape index (κ1) is 16.5. The fraction of sp³-hybridized carbons (Fsp3) is 0.588. The Labute approximate surface area is 132 Å². The van der Waals surface area contributed by atoms with Crippen molar-refractivity contribution in [3.63, 3.8) is 0 Å². The highest BCUT2D eigenvalue weighted by Crippen LogP contribution is 2.38. The van der Waals surface area contributed by atoms with Crippen molar-refractivity contribution in [1.29, 1.82) is 0 Å². The maximum absolute atomic E-state index is 12.8. The molecule has 0 bridgehead atoms. The van der Waals surface area contributed by atoms with Gasteiger partial charge in [-0.1, -0.05) is 6.92 Å². The maximum atomic E-state index is 12.8. The van der Waals surface area contributed by atoms with Crippen LogP contribution in [0.4, 0.5) is 0 Å². The molecular formula is C17H25NO4. The summed E-state index contributed by atoms with van der Waals surface area (Å²) in [5, 5.41) is 0. The van der Waals surface area contributed by atoms with Gasteiger partial charge in [0.2, 0.25) is 5.75 Å². The molecule has 0 spiro atoms. The summed E-state index contributed by atoms with van der Waals surface area (Å²) in [7, 11) is 4.66. The third-order valence-electron chi connectivity index (χ3n) is 4.22. The van der Waals surface area contributed by atoms with E-state index < -0.39 is 0 Å². The lowest BCUT2D eigenvalue weighted by atomic mass is 10.0. The van der Waals surface area contributed by atoms with Gasteiger partial charge >= 0.3 is 0 Å².